The van der Waals surface area contributed by atoms with Crippen molar-refractivity contribution in [2.45, 2.75) is 45.3 Å². The van der Waals surface area contributed by atoms with Gasteiger partial charge in [-0.05, 0) is 43.9 Å². The van der Waals surface area contributed by atoms with E-state index in [1.54, 1.807) is 6.20 Å². The third kappa shape index (κ3) is 3.38. The van der Waals surface area contributed by atoms with Crippen LogP contribution in [0.5, 0.6) is 0 Å². The number of carbonyl (C=O) groups is 1. The van der Waals surface area contributed by atoms with Crippen LogP contribution in [0.25, 0.3) is 5.69 Å². The van der Waals surface area contributed by atoms with E-state index < -0.39 is 5.97 Å². The Bertz CT molecular complexity index is 945. The van der Waals surface area contributed by atoms with Crippen LogP contribution in [0, 0.1) is 0 Å². The van der Waals surface area contributed by atoms with Gasteiger partial charge in [-0.1, -0.05) is 18.2 Å². The van der Waals surface area contributed by atoms with Crippen molar-refractivity contribution in [2.75, 3.05) is 0 Å². The molecule has 0 bridgehead atoms. The average Bonchev–Trinajstić information content (AvgIpc) is 3.34. The number of nitrogens with zero attached hydrogens (tertiary/aromatic N) is 4. The first-order valence-electron chi connectivity index (χ1n) is 9.30. The van der Waals surface area contributed by atoms with Gasteiger partial charge in [-0.15, -0.1) is 0 Å². The number of hydrogen-bond acceptors (Lipinski definition) is 4. The van der Waals surface area contributed by atoms with Crippen molar-refractivity contribution in [1.82, 2.24) is 24.9 Å². The SMILES string of the molecule is CCn1nc(C(=O)O)c2c1CC[C@H](NCc1ccccc1-n1cccn1)C2. The number of fused-ring (bicyclic) bond motifs is 1. The van der Waals surface area contributed by atoms with E-state index in [9.17, 15) is 9.90 Å². The van der Waals surface area contributed by atoms with Crippen LogP contribution >= 0.6 is 0 Å². The first-order valence-corrected chi connectivity index (χ1v) is 9.30. The zero-order valence-corrected chi connectivity index (χ0v) is 15.3. The second-order valence-electron chi connectivity index (χ2n) is 6.79. The summed E-state index contributed by atoms with van der Waals surface area (Å²) in [7, 11) is 0. The molecule has 0 saturated heterocycles. The number of hydrogen-bond donors (Lipinski definition) is 2. The van der Waals surface area contributed by atoms with Gasteiger partial charge in [0.25, 0.3) is 0 Å². The van der Waals surface area contributed by atoms with Crippen molar-refractivity contribution >= 4 is 5.97 Å². The molecule has 3 aromatic rings. The Morgan fingerprint density at radius 1 is 1.33 bits per heavy atom. The summed E-state index contributed by atoms with van der Waals surface area (Å²) in [5, 5.41) is 21.7. The Kier molecular flexibility index (Phi) is 4.77. The minimum Gasteiger partial charge on any atom is -0.476 e. The monoisotopic (exact) mass is 365 g/mol. The van der Waals surface area contributed by atoms with Crippen molar-refractivity contribution in [3.05, 3.63) is 65.2 Å². The van der Waals surface area contributed by atoms with Gasteiger partial charge in [0.05, 0.1) is 5.69 Å². The van der Waals surface area contributed by atoms with E-state index in [1.807, 2.05) is 40.7 Å². The number of aryl methyl sites for hydroxylation is 1. The maximum Gasteiger partial charge on any atom is 0.356 e. The maximum atomic E-state index is 11.6. The molecule has 140 valence electrons. The van der Waals surface area contributed by atoms with E-state index in [-0.39, 0.29) is 11.7 Å². The van der Waals surface area contributed by atoms with Crippen LogP contribution in [-0.4, -0.2) is 36.7 Å². The highest BCUT2D eigenvalue weighted by molar-refractivity contribution is 5.87. The lowest BCUT2D eigenvalue weighted by atomic mass is 9.91. The lowest BCUT2D eigenvalue weighted by Crippen LogP contribution is -2.35. The van der Waals surface area contributed by atoms with Gasteiger partial charge in [0.15, 0.2) is 5.69 Å². The van der Waals surface area contributed by atoms with Crippen LogP contribution in [-0.2, 0) is 25.9 Å². The molecule has 1 atom stereocenters. The summed E-state index contributed by atoms with van der Waals surface area (Å²) in [5.74, 6) is -0.942. The summed E-state index contributed by atoms with van der Waals surface area (Å²) in [5.41, 5.74) is 4.37. The van der Waals surface area contributed by atoms with Crippen molar-refractivity contribution in [3.8, 4) is 5.69 Å². The molecule has 1 aliphatic rings. The molecule has 0 aliphatic heterocycles. The van der Waals surface area contributed by atoms with Crippen molar-refractivity contribution in [2.24, 2.45) is 0 Å². The maximum absolute atomic E-state index is 11.6. The zero-order valence-electron chi connectivity index (χ0n) is 15.3. The predicted octanol–water partition coefficient (Wildman–Crippen LogP) is 2.43. The summed E-state index contributed by atoms with van der Waals surface area (Å²) < 4.78 is 3.70. The normalized spacial score (nSPS) is 16.3. The average molecular weight is 365 g/mol. The number of carboxylic acids is 1. The fraction of sp³-hybridized carbons (Fsp3) is 0.350. The van der Waals surface area contributed by atoms with Crippen LogP contribution in [0.3, 0.4) is 0 Å². The Hall–Kier alpha value is -2.93. The van der Waals surface area contributed by atoms with Crippen LogP contribution in [0.2, 0.25) is 0 Å². The van der Waals surface area contributed by atoms with Gasteiger partial charge in [-0.2, -0.15) is 10.2 Å². The van der Waals surface area contributed by atoms with E-state index in [1.165, 1.54) is 0 Å². The van der Waals surface area contributed by atoms with Gasteiger partial charge in [-0.3, -0.25) is 4.68 Å². The van der Waals surface area contributed by atoms with E-state index in [0.717, 1.165) is 35.3 Å². The van der Waals surface area contributed by atoms with Crippen molar-refractivity contribution in [3.63, 3.8) is 0 Å². The standard InChI is InChI=1S/C20H23N5O2/c1-2-24-18-9-8-15(12-16(18)19(23-24)20(26)27)21-13-14-6-3-4-7-17(14)25-11-5-10-22-25/h3-7,10-11,15,21H,2,8-9,12-13H2,1H3,(H,26,27)/t15-/m0/s1. The van der Waals surface area contributed by atoms with E-state index >= 15 is 0 Å². The number of carboxylic acid groups (broad SMARTS) is 1. The predicted molar refractivity (Wildman–Crippen MR) is 101 cm³/mol. The number of rotatable bonds is 6. The van der Waals surface area contributed by atoms with E-state index in [2.05, 4.69) is 27.6 Å². The zero-order chi connectivity index (χ0) is 18.8. The molecule has 2 N–H and O–H groups in total. The molecular weight excluding hydrogens is 342 g/mol. The minimum absolute atomic E-state index is 0.204. The number of nitrogens with one attached hydrogen (secondary N) is 1. The van der Waals surface area contributed by atoms with Crippen LogP contribution in [0.1, 0.15) is 40.7 Å². The molecule has 2 aromatic heterocycles. The molecule has 1 aliphatic carbocycles. The molecule has 0 spiro atoms. The molecule has 0 fully saturated rings. The molecule has 7 nitrogen and oxygen atoms in total. The van der Waals surface area contributed by atoms with Gasteiger partial charge in [0.1, 0.15) is 0 Å². The largest absolute Gasteiger partial charge is 0.476 e. The third-order valence-corrected chi connectivity index (χ3v) is 5.17. The number of aromatic nitrogens is 4. The first-order chi connectivity index (χ1) is 13.2. The van der Waals surface area contributed by atoms with Gasteiger partial charge in [0, 0.05) is 42.8 Å². The Labute approximate surface area is 157 Å². The lowest BCUT2D eigenvalue weighted by Gasteiger charge is -2.25. The Morgan fingerprint density at radius 2 is 2.19 bits per heavy atom. The molecule has 7 heteroatoms. The number of benzene rings is 1. The van der Waals surface area contributed by atoms with Gasteiger partial charge < -0.3 is 10.4 Å². The molecule has 2 heterocycles. The molecule has 0 radical (unpaired) electrons. The second-order valence-corrected chi connectivity index (χ2v) is 6.79. The van der Waals surface area contributed by atoms with Crippen molar-refractivity contribution in [1.29, 1.82) is 0 Å². The molecule has 1 aromatic carbocycles. The van der Waals surface area contributed by atoms with Crippen LogP contribution in [0.4, 0.5) is 0 Å². The van der Waals surface area contributed by atoms with Crippen LogP contribution in [0.15, 0.2) is 42.7 Å². The highest BCUT2D eigenvalue weighted by atomic mass is 16.4. The van der Waals surface area contributed by atoms with Crippen molar-refractivity contribution < 1.29 is 9.90 Å². The number of aromatic carboxylic acids is 1. The van der Waals surface area contributed by atoms with E-state index in [0.29, 0.717) is 19.5 Å². The number of para-hydroxylation sites is 1. The summed E-state index contributed by atoms with van der Waals surface area (Å²) in [6.07, 6.45) is 6.22. The summed E-state index contributed by atoms with van der Waals surface area (Å²) >= 11 is 0. The summed E-state index contributed by atoms with van der Waals surface area (Å²) in [6, 6.07) is 10.3. The third-order valence-electron chi connectivity index (χ3n) is 5.17. The molecule has 27 heavy (non-hydrogen) atoms. The molecule has 4 rings (SSSR count). The first kappa shape index (κ1) is 17.5. The van der Waals surface area contributed by atoms with Crippen LogP contribution < -0.4 is 5.32 Å². The minimum atomic E-state index is -0.942. The highest BCUT2D eigenvalue weighted by Gasteiger charge is 2.28. The quantitative estimate of drug-likeness (QED) is 0.701. The molecular formula is C20H23N5O2. The lowest BCUT2D eigenvalue weighted by molar-refractivity contribution is 0.0688. The second kappa shape index (κ2) is 7.36. The fourth-order valence-corrected chi connectivity index (χ4v) is 3.84. The molecule has 0 amide bonds. The smallest absolute Gasteiger partial charge is 0.356 e. The van der Waals surface area contributed by atoms with Gasteiger partial charge in [-0.25, -0.2) is 9.48 Å². The molecule has 0 saturated carbocycles. The Morgan fingerprint density at radius 3 is 2.93 bits per heavy atom. The summed E-state index contributed by atoms with van der Waals surface area (Å²) in [4.78, 5) is 11.6. The topological polar surface area (TPSA) is 85.0 Å². The fourth-order valence-electron chi connectivity index (χ4n) is 3.84. The van der Waals surface area contributed by atoms with Gasteiger partial charge >= 0.3 is 5.97 Å². The highest BCUT2D eigenvalue weighted by Crippen LogP contribution is 2.25. The Balaban J connectivity index is 1.51. The van der Waals surface area contributed by atoms with Gasteiger partial charge in [0.2, 0.25) is 0 Å². The molecule has 0 unspecified atom stereocenters. The van der Waals surface area contributed by atoms with E-state index in [4.69, 9.17) is 0 Å². The summed E-state index contributed by atoms with van der Waals surface area (Å²) in [6.45, 7) is 3.40.